The Hall–Kier alpha value is -1.20. The molecule has 1 fully saturated rings. The number of sulfonamides is 2. The summed E-state index contributed by atoms with van der Waals surface area (Å²) in [6, 6.07) is 4.22. The highest BCUT2D eigenvalue weighted by atomic mass is 32.2. The fraction of sp³-hybridized carbons (Fsp3) is 0.600. The van der Waals surface area contributed by atoms with E-state index < -0.39 is 20.0 Å². The van der Waals surface area contributed by atoms with Crippen molar-refractivity contribution in [1.29, 1.82) is 0 Å². The Balaban J connectivity index is 2.01. The molecule has 1 aliphatic heterocycles. The van der Waals surface area contributed by atoms with Crippen LogP contribution in [0.1, 0.15) is 12.5 Å². The van der Waals surface area contributed by atoms with Gasteiger partial charge in [0.05, 0.1) is 31.0 Å². The quantitative estimate of drug-likeness (QED) is 0.718. The van der Waals surface area contributed by atoms with E-state index in [0.717, 1.165) is 0 Å². The molecule has 0 saturated carbocycles. The molecule has 0 spiro atoms. The first kappa shape index (κ1) is 20.1. The van der Waals surface area contributed by atoms with Gasteiger partial charge in [-0.15, -0.1) is 0 Å². The number of ether oxygens (including phenoxy) is 2. The van der Waals surface area contributed by atoms with Gasteiger partial charge < -0.3 is 9.47 Å². The van der Waals surface area contributed by atoms with Crippen LogP contribution in [0.25, 0.3) is 0 Å². The number of morpholine rings is 1. The van der Waals surface area contributed by atoms with Gasteiger partial charge in [-0.1, -0.05) is 0 Å². The van der Waals surface area contributed by atoms with Crippen molar-refractivity contribution in [2.75, 3.05) is 39.2 Å². The minimum atomic E-state index is -3.79. The minimum Gasteiger partial charge on any atom is -0.496 e. The maximum Gasteiger partial charge on any atom is 0.240 e. The van der Waals surface area contributed by atoms with E-state index in [2.05, 4.69) is 4.72 Å². The lowest BCUT2D eigenvalue weighted by atomic mass is 10.2. The van der Waals surface area contributed by atoms with Gasteiger partial charge in [-0.05, 0) is 37.6 Å². The van der Waals surface area contributed by atoms with Crippen molar-refractivity contribution in [2.24, 2.45) is 0 Å². The number of nitrogens with zero attached hydrogens (tertiary/aromatic N) is 1. The van der Waals surface area contributed by atoms with Gasteiger partial charge in [0.25, 0.3) is 0 Å². The Bertz CT molecular complexity index is 807. The molecular formula is C15H24N2O6S2. The van der Waals surface area contributed by atoms with E-state index in [1.54, 1.807) is 19.9 Å². The summed E-state index contributed by atoms with van der Waals surface area (Å²) < 4.78 is 63.4. The molecule has 1 N–H and O–H groups in total. The van der Waals surface area contributed by atoms with Gasteiger partial charge in [0, 0.05) is 19.1 Å². The molecule has 1 aromatic carbocycles. The Morgan fingerprint density at radius 3 is 2.64 bits per heavy atom. The predicted molar refractivity (Wildman–Crippen MR) is 93.7 cm³/mol. The predicted octanol–water partition coefficient (Wildman–Crippen LogP) is 0.332. The number of nitrogens with one attached hydrogen (secondary N) is 1. The van der Waals surface area contributed by atoms with Gasteiger partial charge in [0.15, 0.2) is 0 Å². The van der Waals surface area contributed by atoms with Gasteiger partial charge in [0.1, 0.15) is 5.75 Å². The highest BCUT2D eigenvalue weighted by molar-refractivity contribution is 7.90. The molecule has 2 rings (SSSR count). The van der Waals surface area contributed by atoms with E-state index in [4.69, 9.17) is 9.47 Å². The zero-order valence-electron chi connectivity index (χ0n) is 14.6. The third kappa shape index (κ3) is 4.91. The second kappa shape index (κ2) is 8.00. The summed E-state index contributed by atoms with van der Waals surface area (Å²) in [6.07, 6.45) is 0. The topological polar surface area (TPSA) is 102 Å². The standard InChI is InChI=1S/C15H24N2O6S2/c1-12-10-14(4-5-15(12)22-3)25(20,21)16-6-9-24(18,19)17-7-8-23-11-13(17)2/h4-5,10,13,16H,6-9,11H2,1-3H3. The van der Waals surface area contributed by atoms with Crippen LogP contribution in [0.5, 0.6) is 5.75 Å². The molecule has 0 bridgehead atoms. The lowest BCUT2D eigenvalue weighted by molar-refractivity contribution is 0.0393. The molecule has 0 aliphatic carbocycles. The second-order valence-electron chi connectivity index (χ2n) is 5.88. The molecule has 1 aliphatic rings. The van der Waals surface area contributed by atoms with E-state index in [0.29, 0.717) is 24.5 Å². The number of methoxy groups -OCH3 is 1. The van der Waals surface area contributed by atoms with Crippen LogP contribution in [0.15, 0.2) is 23.1 Å². The summed E-state index contributed by atoms with van der Waals surface area (Å²) in [5.74, 6) is 0.286. The van der Waals surface area contributed by atoms with Crippen LogP contribution in [-0.2, 0) is 24.8 Å². The first-order chi connectivity index (χ1) is 11.7. The van der Waals surface area contributed by atoms with Crippen LogP contribution in [0, 0.1) is 6.92 Å². The molecule has 1 unspecified atom stereocenters. The van der Waals surface area contributed by atoms with Crippen LogP contribution in [0.4, 0.5) is 0 Å². The molecular weight excluding hydrogens is 368 g/mol. The average Bonchev–Trinajstić information content (AvgIpc) is 2.54. The molecule has 0 amide bonds. The molecule has 1 heterocycles. The average molecular weight is 392 g/mol. The highest BCUT2D eigenvalue weighted by Gasteiger charge is 2.30. The van der Waals surface area contributed by atoms with Crippen LogP contribution >= 0.6 is 0 Å². The van der Waals surface area contributed by atoms with Gasteiger partial charge >= 0.3 is 0 Å². The molecule has 25 heavy (non-hydrogen) atoms. The second-order valence-corrected chi connectivity index (χ2v) is 9.69. The van der Waals surface area contributed by atoms with E-state index in [9.17, 15) is 16.8 Å². The maximum absolute atomic E-state index is 12.4. The smallest absolute Gasteiger partial charge is 0.240 e. The van der Waals surface area contributed by atoms with Crippen molar-refractivity contribution in [2.45, 2.75) is 24.8 Å². The van der Waals surface area contributed by atoms with Crippen molar-refractivity contribution in [1.82, 2.24) is 9.03 Å². The third-order valence-electron chi connectivity index (χ3n) is 3.99. The van der Waals surface area contributed by atoms with Crippen molar-refractivity contribution < 1.29 is 26.3 Å². The Morgan fingerprint density at radius 2 is 2.04 bits per heavy atom. The van der Waals surface area contributed by atoms with E-state index in [-0.39, 0.29) is 29.8 Å². The first-order valence-electron chi connectivity index (χ1n) is 7.89. The third-order valence-corrected chi connectivity index (χ3v) is 7.43. The summed E-state index contributed by atoms with van der Waals surface area (Å²) in [7, 11) is -5.83. The van der Waals surface area contributed by atoms with E-state index in [1.165, 1.54) is 23.5 Å². The van der Waals surface area contributed by atoms with Gasteiger partial charge in [0.2, 0.25) is 20.0 Å². The van der Waals surface area contributed by atoms with Crippen LogP contribution in [0.2, 0.25) is 0 Å². The summed E-state index contributed by atoms with van der Waals surface area (Å²) >= 11 is 0. The van der Waals surface area contributed by atoms with Crippen molar-refractivity contribution in [3.63, 3.8) is 0 Å². The number of rotatable bonds is 7. The number of benzene rings is 1. The molecule has 0 aromatic heterocycles. The molecule has 1 saturated heterocycles. The van der Waals surface area contributed by atoms with Gasteiger partial charge in [-0.2, -0.15) is 4.31 Å². The van der Waals surface area contributed by atoms with Crippen molar-refractivity contribution in [3.8, 4) is 5.75 Å². The van der Waals surface area contributed by atoms with Crippen LogP contribution in [-0.4, -0.2) is 66.3 Å². The van der Waals surface area contributed by atoms with Crippen molar-refractivity contribution >= 4 is 20.0 Å². The number of aryl methyl sites for hydroxylation is 1. The fourth-order valence-corrected chi connectivity index (χ4v) is 5.45. The summed E-state index contributed by atoms with van der Waals surface area (Å²) in [4.78, 5) is 0.0722. The summed E-state index contributed by atoms with van der Waals surface area (Å²) in [6.45, 7) is 4.29. The molecule has 1 atom stereocenters. The van der Waals surface area contributed by atoms with Gasteiger partial charge in [-0.3, -0.25) is 0 Å². The number of hydrogen-bond acceptors (Lipinski definition) is 6. The minimum absolute atomic E-state index is 0.0722. The monoisotopic (exact) mass is 392 g/mol. The van der Waals surface area contributed by atoms with E-state index in [1.807, 2.05) is 0 Å². The lowest BCUT2D eigenvalue weighted by Gasteiger charge is -2.32. The normalized spacial score (nSPS) is 19.7. The van der Waals surface area contributed by atoms with Gasteiger partial charge in [-0.25, -0.2) is 21.6 Å². The molecule has 10 heteroatoms. The fourth-order valence-electron chi connectivity index (χ4n) is 2.65. The Labute approximate surface area is 149 Å². The Kier molecular flexibility index (Phi) is 6.44. The lowest BCUT2D eigenvalue weighted by Crippen LogP contribution is -2.49. The number of hydrogen-bond donors (Lipinski definition) is 1. The largest absolute Gasteiger partial charge is 0.496 e. The summed E-state index contributed by atoms with van der Waals surface area (Å²) in [5.41, 5.74) is 0.681. The SMILES string of the molecule is COc1ccc(S(=O)(=O)NCCS(=O)(=O)N2CCOCC2C)cc1C. The van der Waals surface area contributed by atoms with Crippen LogP contribution < -0.4 is 9.46 Å². The molecule has 0 radical (unpaired) electrons. The molecule has 142 valence electrons. The van der Waals surface area contributed by atoms with E-state index >= 15 is 0 Å². The molecule has 1 aromatic rings. The first-order valence-corrected chi connectivity index (χ1v) is 11.0. The zero-order chi connectivity index (χ0) is 18.7. The van der Waals surface area contributed by atoms with Crippen LogP contribution in [0.3, 0.4) is 0 Å². The Morgan fingerprint density at radius 1 is 1.32 bits per heavy atom. The summed E-state index contributed by atoms with van der Waals surface area (Å²) in [5, 5.41) is 0. The zero-order valence-corrected chi connectivity index (χ0v) is 16.2. The van der Waals surface area contributed by atoms with Crippen molar-refractivity contribution in [3.05, 3.63) is 23.8 Å². The highest BCUT2D eigenvalue weighted by Crippen LogP contribution is 2.21. The molecule has 8 nitrogen and oxygen atoms in total. The maximum atomic E-state index is 12.4.